The van der Waals surface area contributed by atoms with Gasteiger partial charge in [-0.15, -0.1) is 0 Å². The number of nitrogens with zero attached hydrogens (tertiary/aromatic N) is 4. The second-order valence-corrected chi connectivity index (χ2v) is 8.27. The van der Waals surface area contributed by atoms with Crippen LogP contribution in [-0.2, 0) is 23.3 Å². The summed E-state index contributed by atoms with van der Waals surface area (Å²) in [4.78, 5) is 16.3. The molecule has 0 atom stereocenters. The molecule has 3 heterocycles. The molecule has 1 aliphatic heterocycles. The lowest BCUT2D eigenvalue weighted by Crippen LogP contribution is -2.39. The first kappa shape index (κ1) is 19.7. The number of likely N-dealkylation sites (tertiary alicyclic amines) is 1. The van der Waals surface area contributed by atoms with Gasteiger partial charge >= 0.3 is 0 Å². The Balaban J connectivity index is 1.60. The van der Waals surface area contributed by atoms with Gasteiger partial charge in [0.25, 0.3) is 0 Å². The molecule has 6 nitrogen and oxygen atoms in total. The third-order valence-corrected chi connectivity index (χ3v) is 4.79. The summed E-state index contributed by atoms with van der Waals surface area (Å²) in [7, 11) is 1.70. The number of hydrogen-bond acceptors (Lipinski definition) is 6. The first-order chi connectivity index (χ1) is 12.9. The second kappa shape index (κ2) is 8.76. The summed E-state index contributed by atoms with van der Waals surface area (Å²) in [6, 6.07) is 8.56. The fourth-order valence-electron chi connectivity index (χ4n) is 3.29. The molecule has 0 aromatic carbocycles. The normalized spacial score (nSPS) is 16.4. The van der Waals surface area contributed by atoms with Crippen LogP contribution in [0.1, 0.15) is 50.8 Å². The van der Waals surface area contributed by atoms with Crippen molar-refractivity contribution < 1.29 is 4.74 Å². The molecule has 1 aliphatic rings. The van der Waals surface area contributed by atoms with E-state index in [1.165, 1.54) is 0 Å². The van der Waals surface area contributed by atoms with Gasteiger partial charge in [-0.2, -0.15) is 0 Å². The Hall–Kier alpha value is -2.05. The molecular formula is C21H31N5O. The van der Waals surface area contributed by atoms with Crippen molar-refractivity contribution in [3.8, 4) is 0 Å². The third kappa shape index (κ3) is 5.71. The predicted molar refractivity (Wildman–Crippen MR) is 108 cm³/mol. The molecule has 2 aromatic rings. The van der Waals surface area contributed by atoms with Crippen molar-refractivity contribution in [2.75, 3.05) is 25.5 Å². The zero-order chi connectivity index (χ0) is 19.3. The van der Waals surface area contributed by atoms with E-state index in [1.54, 1.807) is 7.11 Å². The molecule has 0 spiro atoms. The maximum Gasteiger partial charge on any atom is 0.136 e. The van der Waals surface area contributed by atoms with Crippen LogP contribution in [-0.4, -0.2) is 46.1 Å². The van der Waals surface area contributed by atoms with Crippen LogP contribution >= 0.6 is 0 Å². The van der Waals surface area contributed by atoms with E-state index in [-0.39, 0.29) is 5.41 Å². The summed E-state index contributed by atoms with van der Waals surface area (Å²) in [5.74, 6) is 1.76. The first-order valence-electron chi connectivity index (χ1n) is 9.70. The standard InChI is InChI=1S/C21H31N5O/c1-21(2,3)20-24-18(15-27-4)13-19(25-20)23-16-8-11-26(12-9-16)14-17-7-5-6-10-22-17/h5-7,10,13,16H,8-9,11-12,14-15H2,1-4H3,(H,23,24,25). The molecule has 146 valence electrons. The molecule has 0 amide bonds. The van der Waals surface area contributed by atoms with Crippen molar-refractivity contribution >= 4 is 5.82 Å². The Morgan fingerprint density at radius 1 is 1.15 bits per heavy atom. The van der Waals surface area contributed by atoms with Crippen molar-refractivity contribution in [3.63, 3.8) is 0 Å². The molecule has 0 saturated carbocycles. The molecule has 6 heteroatoms. The Labute approximate surface area is 162 Å². The molecule has 0 bridgehead atoms. The second-order valence-electron chi connectivity index (χ2n) is 8.27. The summed E-state index contributed by atoms with van der Waals surface area (Å²) in [5.41, 5.74) is 1.97. The molecule has 0 unspecified atom stereocenters. The lowest BCUT2D eigenvalue weighted by molar-refractivity contribution is 0.181. The van der Waals surface area contributed by atoms with E-state index >= 15 is 0 Å². The highest BCUT2D eigenvalue weighted by molar-refractivity contribution is 5.38. The topological polar surface area (TPSA) is 63.2 Å². The van der Waals surface area contributed by atoms with Crippen molar-refractivity contribution in [2.24, 2.45) is 0 Å². The number of piperidine rings is 1. The maximum atomic E-state index is 5.28. The van der Waals surface area contributed by atoms with E-state index in [4.69, 9.17) is 9.72 Å². The van der Waals surface area contributed by atoms with E-state index < -0.39 is 0 Å². The van der Waals surface area contributed by atoms with Gasteiger partial charge in [-0.1, -0.05) is 26.8 Å². The van der Waals surface area contributed by atoms with Gasteiger partial charge in [-0.3, -0.25) is 9.88 Å². The largest absolute Gasteiger partial charge is 0.378 e. The van der Waals surface area contributed by atoms with Crippen LogP contribution in [0.4, 0.5) is 5.82 Å². The van der Waals surface area contributed by atoms with Crippen molar-refractivity contribution in [1.82, 2.24) is 19.9 Å². The van der Waals surface area contributed by atoms with Gasteiger partial charge in [0.15, 0.2) is 0 Å². The van der Waals surface area contributed by atoms with E-state index in [9.17, 15) is 0 Å². The zero-order valence-electron chi connectivity index (χ0n) is 16.9. The number of nitrogens with one attached hydrogen (secondary N) is 1. The Bertz CT molecular complexity index is 721. The Morgan fingerprint density at radius 2 is 1.93 bits per heavy atom. The molecule has 1 N–H and O–H groups in total. The van der Waals surface area contributed by atoms with Crippen LogP contribution in [0.25, 0.3) is 0 Å². The summed E-state index contributed by atoms with van der Waals surface area (Å²) in [5, 5.41) is 3.63. The third-order valence-electron chi connectivity index (χ3n) is 4.79. The van der Waals surface area contributed by atoms with Gasteiger partial charge in [0.1, 0.15) is 11.6 Å². The molecule has 0 radical (unpaired) electrons. The number of rotatable bonds is 6. The number of anilines is 1. The summed E-state index contributed by atoms with van der Waals surface area (Å²) < 4.78 is 5.28. The van der Waals surface area contributed by atoms with Gasteiger partial charge in [0, 0.05) is 50.5 Å². The van der Waals surface area contributed by atoms with Crippen LogP contribution in [0, 0.1) is 0 Å². The van der Waals surface area contributed by atoms with E-state index in [0.717, 1.165) is 55.5 Å². The van der Waals surface area contributed by atoms with Crippen molar-refractivity contribution in [3.05, 3.63) is 47.7 Å². The maximum absolute atomic E-state index is 5.28. The molecule has 2 aromatic heterocycles. The highest BCUT2D eigenvalue weighted by Gasteiger charge is 2.22. The minimum Gasteiger partial charge on any atom is -0.378 e. The lowest BCUT2D eigenvalue weighted by atomic mass is 9.95. The average molecular weight is 370 g/mol. The van der Waals surface area contributed by atoms with Gasteiger partial charge < -0.3 is 10.1 Å². The monoisotopic (exact) mass is 369 g/mol. The molecule has 1 fully saturated rings. The van der Waals surface area contributed by atoms with E-state index in [1.807, 2.05) is 18.3 Å². The quantitative estimate of drug-likeness (QED) is 0.842. The van der Waals surface area contributed by atoms with Gasteiger partial charge in [0.05, 0.1) is 18.0 Å². The summed E-state index contributed by atoms with van der Waals surface area (Å²) in [6.07, 6.45) is 4.06. The molecule has 0 aliphatic carbocycles. The van der Waals surface area contributed by atoms with Gasteiger partial charge in [-0.05, 0) is 25.0 Å². The summed E-state index contributed by atoms with van der Waals surface area (Å²) >= 11 is 0. The Kier molecular flexibility index (Phi) is 6.39. The van der Waals surface area contributed by atoms with Gasteiger partial charge in [0.2, 0.25) is 0 Å². The zero-order valence-corrected chi connectivity index (χ0v) is 16.9. The summed E-state index contributed by atoms with van der Waals surface area (Å²) in [6.45, 7) is 9.97. The SMILES string of the molecule is COCc1cc(NC2CCN(Cc3ccccn3)CC2)nc(C(C)(C)C)n1. The van der Waals surface area contributed by atoms with Crippen LogP contribution < -0.4 is 5.32 Å². The fourth-order valence-corrected chi connectivity index (χ4v) is 3.29. The molecule has 3 rings (SSSR count). The minimum absolute atomic E-state index is 0.0910. The van der Waals surface area contributed by atoms with Crippen LogP contribution in [0.2, 0.25) is 0 Å². The lowest BCUT2D eigenvalue weighted by Gasteiger charge is -2.32. The number of pyridine rings is 1. The number of ether oxygens (including phenoxy) is 1. The van der Waals surface area contributed by atoms with E-state index in [2.05, 4.69) is 53.1 Å². The molecule has 1 saturated heterocycles. The van der Waals surface area contributed by atoms with Crippen molar-refractivity contribution in [1.29, 1.82) is 0 Å². The molecule has 27 heavy (non-hydrogen) atoms. The number of methoxy groups -OCH3 is 1. The molecular weight excluding hydrogens is 338 g/mol. The van der Waals surface area contributed by atoms with Crippen LogP contribution in [0.15, 0.2) is 30.5 Å². The fraction of sp³-hybridized carbons (Fsp3) is 0.571. The predicted octanol–water partition coefficient (Wildman–Crippen LogP) is 3.39. The highest BCUT2D eigenvalue weighted by atomic mass is 16.5. The number of hydrogen-bond donors (Lipinski definition) is 1. The average Bonchev–Trinajstić information content (AvgIpc) is 2.64. The van der Waals surface area contributed by atoms with E-state index in [0.29, 0.717) is 12.6 Å². The van der Waals surface area contributed by atoms with Crippen LogP contribution in [0.3, 0.4) is 0 Å². The first-order valence-corrected chi connectivity index (χ1v) is 9.70. The Morgan fingerprint density at radius 3 is 2.56 bits per heavy atom. The highest BCUT2D eigenvalue weighted by Crippen LogP contribution is 2.23. The number of aromatic nitrogens is 3. The minimum atomic E-state index is -0.0910. The smallest absolute Gasteiger partial charge is 0.136 e. The van der Waals surface area contributed by atoms with Gasteiger partial charge in [-0.25, -0.2) is 9.97 Å². The van der Waals surface area contributed by atoms with Crippen LogP contribution in [0.5, 0.6) is 0 Å². The van der Waals surface area contributed by atoms with Crippen molar-refractivity contribution in [2.45, 2.75) is 58.2 Å².